The number of nitrogens with zero attached hydrogens (tertiary/aromatic N) is 7. The maximum Gasteiger partial charge on any atom is 0.151 e. The van der Waals surface area contributed by atoms with Gasteiger partial charge in [-0.3, -0.25) is 4.68 Å². The lowest BCUT2D eigenvalue weighted by Gasteiger charge is -2.41. The summed E-state index contributed by atoms with van der Waals surface area (Å²) < 4.78 is 2.14. The number of fused-ring (bicyclic) bond motifs is 1. The van der Waals surface area contributed by atoms with Crippen molar-refractivity contribution in [1.29, 1.82) is 0 Å². The van der Waals surface area contributed by atoms with Crippen LogP contribution < -0.4 is 11.1 Å². The first-order chi connectivity index (χ1) is 19.0. The Kier molecular flexibility index (Phi) is 7.68. The molecule has 0 aromatic carbocycles. The summed E-state index contributed by atoms with van der Waals surface area (Å²) in [6, 6.07) is 1.34. The maximum absolute atomic E-state index is 10.0. The number of likely N-dealkylation sites (tertiary alicyclic amines) is 2. The number of aliphatic hydroxyl groups is 1. The quantitative estimate of drug-likeness (QED) is 0.419. The van der Waals surface area contributed by atoms with E-state index in [1.165, 1.54) is 32.5 Å². The molecule has 4 N–H and O–H groups in total. The number of aromatic nitrogens is 5. The lowest BCUT2D eigenvalue weighted by atomic mass is 9.98. The van der Waals surface area contributed by atoms with Crippen molar-refractivity contribution in [2.75, 3.05) is 43.8 Å². The summed E-state index contributed by atoms with van der Waals surface area (Å²) in [6.45, 7) is 10.2. The molecule has 1 saturated carbocycles. The summed E-state index contributed by atoms with van der Waals surface area (Å²) >= 11 is 0. The van der Waals surface area contributed by atoms with Crippen molar-refractivity contribution in [2.45, 2.75) is 89.4 Å². The van der Waals surface area contributed by atoms with E-state index >= 15 is 0 Å². The van der Waals surface area contributed by atoms with Gasteiger partial charge in [-0.25, -0.2) is 15.0 Å². The molecule has 5 heterocycles. The standard InChI is InChI=1S/C29H43N9O/c1-3-25-29(33-20-5-6-23(39)15-20)35-26-24(17-31-28(30)27(26)34-25)19-16-32-38(18-19)22-9-13-37(14-10-22)21-7-11-36(4-2)12-8-21/h16-18,20-23,39H,3-15H2,1-2H3,(H2,30,31)(H,33,35)/t20-,23+/m1/s1. The Labute approximate surface area is 231 Å². The average molecular weight is 534 g/mol. The Morgan fingerprint density at radius 3 is 2.41 bits per heavy atom. The van der Waals surface area contributed by atoms with Gasteiger partial charge in [-0.1, -0.05) is 13.8 Å². The van der Waals surface area contributed by atoms with Crippen LogP contribution in [-0.4, -0.2) is 90.6 Å². The van der Waals surface area contributed by atoms with Crippen LogP contribution in [0.5, 0.6) is 0 Å². The van der Waals surface area contributed by atoms with E-state index in [0.717, 1.165) is 85.8 Å². The highest BCUT2D eigenvalue weighted by Gasteiger charge is 2.29. The molecule has 2 saturated heterocycles. The second-order valence-corrected chi connectivity index (χ2v) is 11.6. The minimum absolute atomic E-state index is 0.201. The highest BCUT2D eigenvalue weighted by molar-refractivity contribution is 5.96. The van der Waals surface area contributed by atoms with Crippen LogP contribution in [-0.2, 0) is 6.42 Å². The number of nitrogens with one attached hydrogen (secondary N) is 1. The predicted molar refractivity (Wildman–Crippen MR) is 155 cm³/mol. The van der Waals surface area contributed by atoms with E-state index in [1.807, 2.05) is 6.20 Å². The largest absolute Gasteiger partial charge is 0.393 e. The van der Waals surface area contributed by atoms with E-state index in [9.17, 15) is 5.11 Å². The minimum Gasteiger partial charge on any atom is -0.393 e. The minimum atomic E-state index is -0.247. The molecule has 6 rings (SSSR count). The maximum atomic E-state index is 10.0. The summed E-state index contributed by atoms with van der Waals surface area (Å²) in [7, 11) is 0. The van der Waals surface area contributed by atoms with Crippen LogP contribution in [0.15, 0.2) is 18.6 Å². The molecule has 3 fully saturated rings. The molecule has 0 spiro atoms. The predicted octanol–water partition coefficient (Wildman–Crippen LogP) is 3.48. The first-order valence-electron chi connectivity index (χ1n) is 14.9. The number of hydrogen-bond acceptors (Lipinski definition) is 9. The van der Waals surface area contributed by atoms with Crippen LogP contribution in [0.25, 0.3) is 22.2 Å². The molecule has 2 aliphatic heterocycles. The molecule has 2 atom stereocenters. The zero-order valence-corrected chi connectivity index (χ0v) is 23.4. The van der Waals surface area contributed by atoms with Gasteiger partial charge >= 0.3 is 0 Å². The first kappa shape index (κ1) is 26.4. The van der Waals surface area contributed by atoms with Gasteiger partial charge in [0.05, 0.1) is 24.0 Å². The number of aliphatic hydroxyl groups excluding tert-OH is 1. The first-order valence-corrected chi connectivity index (χ1v) is 14.9. The molecule has 0 amide bonds. The van der Waals surface area contributed by atoms with Gasteiger partial charge in [-0.05, 0) is 71.0 Å². The van der Waals surface area contributed by atoms with Gasteiger partial charge in [0.2, 0.25) is 0 Å². The molecule has 10 nitrogen and oxygen atoms in total. The third-order valence-corrected chi connectivity index (χ3v) is 9.19. The molecule has 3 aromatic heterocycles. The van der Waals surface area contributed by atoms with Crippen LogP contribution in [0.4, 0.5) is 11.6 Å². The van der Waals surface area contributed by atoms with Crippen LogP contribution >= 0.6 is 0 Å². The van der Waals surface area contributed by atoms with Crippen molar-refractivity contribution >= 4 is 22.7 Å². The fourth-order valence-corrected chi connectivity index (χ4v) is 6.74. The van der Waals surface area contributed by atoms with Crippen molar-refractivity contribution in [3.8, 4) is 11.1 Å². The molecule has 0 unspecified atom stereocenters. The van der Waals surface area contributed by atoms with Gasteiger partial charge in [-0.15, -0.1) is 0 Å². The average Bonchev–Trinajstić information content (AvgIpc) is 3.62. The number of nitrogens with two attached hydrogens (primary N) is 1. The van der Waals surface area contributed by atoms with E-state index in [4.69, 9.17) is 20.8 Å². The fraction of sp³-hybridized carbons (Fsp3) is 0.655. The van der Waals surface area contributed by atoms with Gasteiger partial charge in [0.25, 0.3) is 0 Å². The van der Waals surface area contributed by atoms with E-state index < -0.39 is 0 Å². The second-order valence-electron chi connectivity index (χ2n) is 11.6. The third-order valence-electron chi connectivity index (χ3n) is 9.19. The van der Waals surface area contributed by atoms with E-state index in [0.29, 0.717) is 17.4 Å². The number of aryl methyl sites for hydroxylation is 1. The van der Waals surface area contributed by atoms with Crippen LogP contribution in [0, 0.1) is 0 Å². The molecule has 3 aromatic rings. The van der Waals surface area contributed by atoms with Gasteiger partial charge in [0.1, 0.15) is 16.9 Å². The van der Waals surface area contributed by atoms with Gasteiger partial charge in [0, 0.05) is 48.7 Å². The summed E-state index contributed by atoms with van der Waals surface area (Å²) in [4.78, 5) is 19.7. The molecule has 3 aliphatic rings. The Bertz CT molecular complexity index is 1280. The number of pyridine rings is 1. The fourth-order valence-electron chi connectivity index (χ4n) is 6.74. The van der Waals surface area contributed by atoms with Crippen molar-refractivity contribution in [2.24, 2.45) is 0 Å². The lowest BCUT2D eigenvalue weighted by Crippen LogP contribution is -2.47. The normalized spacial score (nSPS) is 24.1. The van der Waals surface area contributed by atoms with Crippen LogP contribution in [0.3, 0.4) is 0 Å². The number of piperidine rings is 2. The Balaban J connectivity index is 1.20. The molecule has 210 valence electrons. The van der Waals surface area contributed by atoms with E-state index in [-0.39, 0.29) is 12.1 Å². The molecule has 39 heavy (non-hydrogen) atoms. The van der Waals surface area contributed by atoms with Crippen molar-refractivity contribution in [3.05, 3.63) is 24.3 Å². The van der Waals surface area contributed by atoms with Crippen molar-refractivity contribution in [3.63, 3.8) is 0 Å². The molecule has 1 aliphatic carbocycles. The molecular weight excluding hydrogens is 490 g/mol. The molecule has 0 radical (unpaired) electrons. The van der Waals surface area contributed by atoms with Crippen molar-refractivity contribution < 1.29 is 5.11 Å². The lowest BCUT2D eigenvalue weighted by molar-refractivity contribution is 0.0792. The number of rotatable bonds is 7. The second kappa shape index (κ2) is 11.3. The van der Waals surface area contributed by atoms with Gasteiger partial charge in [0.15, 0.2) is 5.82 Å². The van der Waals surface area contributed by atoms with Crippen LogP contribution in [0.1, 0.15) is 70.5 Å². The van der Waals surface area contributed by atoms with Crippen LogP contribution in [0.2, 0.25) is 0 Å². The third kappa shape index (κ3) is 5.47. The van der Waals surface area contributed by atoms with Gasteiger partial charge in [-0.2, -0.15) is 5.10 Å². The monoisotopic (exact) mass is 533 g/mol. The number of anilines is 2. The number of nitrogen functional groups attached to an aromatic ring is 1. The molecule has 0 bridgehead atoms. The zero-order chi connectivity index (χ0) is 26.9. The Morgan fingerprint density at radius 1 is 0.949 bits per heavy atom. The smallest absolute Gasteiger partial charge is 0.151 e. The Morgan fingerprint density at radius 2 is 1.72 bits per heavy atom. The summed E-state index contributed by atoms with van der Waals surface area (Å²) in [5, 5.41) is 18.3. The van der Waals surface area contributed by atoms with E-state index in [2.05, 4.69) is 44.8 Å². The van der Waals surface area contributed by atoms with E-state index in [1.54, 1.807) is 6.20 Å². The summed E-state index contributed by atoms with van der Waals surface area (Å²) in [5.74, 6) is 1.17. The molecular formula is C29H43N9O. The zero-order valence-electron chi connectivity index (χ0n) is 23.4. The Hall–Kier alpha value is -2.82. The summed E-state index contributed by atoms with van der Waals surface area (Å²) in [6.07, 6.45) is 13.7. The highest BCUT2D eigenvalue weighted by Crippen LogP contribution is 2.33. The van der Waals surface area contributed by atoms with Gasteiger partial charge < -0.3 is 26.0 Å². The van der Waals surface area contributed by atoms with Crippen molar-refractivity contribution in [1.82, 2.24) is 34.5 Å². The summed E-state index contributed by atoms with van der Waals surface area (Å²) in [5.41, 5.74) is 10.4. The highest BCUT2D eigenvalue weighted by atomic mass is 16.3. The molecule has 10 heteroatoms. The topological polar surface area (TPSA) is 121 Å². The SMILES string of the molecule is CCc1nc2c(N)ncc(-c3cnn(C4CCN(C5CCN(CC)CC5)CC4)c3)c2nc1N[C@@H]1CC[C@H](O)C1. The number of hydrogen-bond donors (Lipinski definition) is 3.